The van der Waals surface area contributed by atoms with E-state index < -0.39 is 23.9 Å². The molecule has 10 heteroatoms. The Hall–Kier alpha value is -5.38. The molecule has 0 amide bonds. The maximum absolute atomic E-state index is 12.5. The van der Waals surface area contributed by atoms with E-state index in [1.54, 1.807) is 48.5 Å². The Kier molecular flexibility index (Phi) is 12.4. The molecule has 3 aromatic rings. The lowest BCUT2D eigenvalue weighted by Gasteiger charge is -2.09. The van der Waals surface area contributed by atoms with Crippen molar-refractivity contribution in [2.24, 2.45) is 0 Å². The van der Waals surface area contributed by atoms with Crippen molar-refractivity contribution >= 4 is 23.9 Å². The van der Waals surface area contributed by atoms with E-state index in [2.05, 4.69) is 13.2 Å². The van der Waals surface area contributed by atoms with Crippen LogP contribution in [0.2, 0.25) is 0 Å². The molecule has 10 nitrogen and oxygen atoms in total. The molecule has 42 heavy (non-hydrogen) atoms. The average Bonchev–Trinajstić information content (AvgIpc) is 3.01. The summed E-state index contributed by atoms with van der Waals surface area (Å²) in [4.78, 5) is 47.0. The summed E-state index contributed by atoms with van der Waals surface area (Å²) in [6.45, 7) is 7.77. The van der Waals surface area contributed by atoms with Crippen molar-refractivity contribution in [3.63, 3.8) is 0 Å². The van der Waals surface area contributed by atoms with Gasteiger partial charge in [-0.05, 0) is 72.8 Å². The zero-order chi connectivity index (χ0) is 30.2. The first kappa shape index (κ1) is 31.2. The van der Waals surface area contributed by atoms with Gasteiger partial charge >= 0.3 is 23.9 Å². The number of hydrogen-bond acceptors (Lipinski definition) is 10. The van der Waals surface area contributed by atoms with Gasteiger partial charge in [-0.3, -0.25) is 0 Å². The van der Waals surface area contributed by atoms with Crippen LogP contribution in [0.1, 0.15) is 33.6 Å². The van der Waals surface area contributed by atoms with Crippen LogP contribution < -0.4 is 18.9 Å². The molecule has 0 atom stereocenters. The van der Waals surface area contributed by atoms with E-state index in [-0.39, 0.29) is 24.5 Å². The topological polar surface area (TPSA) is 124 Å². The zero-order valence-corrected chi connectivity index (χ0v) is 22.8. The summed E-state index contributed by atoms with van der Waals surface area (Å²) >= 11 is 0. The van der Waals surface area contributed by atoms with Crippen molar-refractivity contribution in [2.45, 2.75) is 12.8 Å². The average molecular weight is 575 g/mol. The first-order chi connectivity index (χ1) is 20.4. The zero-order valence-electron chi connectivity index (χ0n) is 22.8. The quantitative estimate of drug-likeness (QED) is 0.0985. The highest BCUT2D eigenvalue weighted by atomic mass is 16.5. The van der Waals surface area contributed by atoms with E-state index in [0.29, 0.717) is 48.9 Å². The lowest BCUT2D eigenvalue weighted by molar-refractivity contribution is -0.138. The highest BCUT2D eigenvalue weighted by molar-refractivity contribution is 5.92. The third kappa shape index (κ3) is 10.6. The Morgan fingerprint density at radius 1 is 0.500 bits per heavy atom. The molecule has 0 aliphatic heterocycles. The smallest absolute Gasteiger partial charge is 0.343 e. The van der Waals surface area contributed by atoms with Crippen LogP contribution in [-0.2, 0) is 19.1 Å². The summed E-state index contributed by atoms with van der Waals surface area (Å²) in [5, 5.41) is 0. The van der Waals surface area contributed by atoms with Gasteiger partial charge in [-0.1, -0.05) is 13.2 Å². The molecule has 0 radical (unpaired) electrons. The normalized spacial score (nSPS) is 10.1. The lowest BCUT2D eigenvalue weighted by atomic mass is 10.2. The van der Waals surface area contributed by atoms with Crippen molar-refractivity contribution < 1.29 is 47.6 Å². The summed E-state index contributed by atoms with van der Waals surface area (Å²) in [6.07, 6.45) is 3.22. The molecule has 0 bridgehead atoms. The summed E-state index contributed by atoms with van der Waals surface area (Å²) < 4.78 is 31.6. The Balaban J connectivity index is 1.40. The summed E-state index contributed by atoms with van der Waals surface area (Å²) in [7, 11) is 0. The van der Waals surface area contributed by atoms with Gasteiger partial charge in [0.2, 0.25) is 0 Å². The van der Waals surface area contributed by atoms with Gasteiger partial charge < -0.3 is 28.4 Å². The number of hydrogen-bond donors (Lipinski definition) is 0. The van der Waals surface area contributed by atoms with Crippen molar-refractivity contribution in [2.75, 3.05) is 26.4 Å². The van der Waals surface area contributed by atoms with Crippen LogP contribution >= 0.6 is 0 Å². The van der Waals surface area contributed by atoms with Gasteiger partial charge in [0.15, 0.2) is 0 Å². The number of ether oxygens (including phenoxy) is 6. The molecule has 3 aromatic carbocycles. The Morgan fingerprint density at radius 2 is 0.833 bits per heavy atom. The van der Waals surface area contributed by atoms with Crippen molar-refractivity contribution in [3.8, 4) is 23.0 Å². The van der Waals surface area contributed by atoms with Crippen LogP contribution in [0.3, 0.4) is 0 Å². The van der Waals surface area contributed by atoms with Crippen LogP contribution in [0, 0.1) is 0 Å². The standard InChI is InChI=1S/C32H30O10/c1-3-29(33)39-21-5-19-37-25-11-7-23(8-12-25)31(35)41-27-13-9-24(10-14-27)32(36)42-28-17-15-26(16-18-28)38-20-6-22-40-30(34)4-2/h3-4,7-18H,1-2,5-6,19-22H2. The van der Waals surface area contributed by atoms with Crippen LogP contribution in [0.15, 0.2) is 98.1 Å². The largest absolute Gasteiger partial charge is 0.493 e. The van der Waals surface area contributed by atoms with Crippen molar-refractivity contribution in [1.29, 1.82) is 0 Å². The molecule has 3 rings (SSSR count). The summed E-state index contributed by atoms with van der Waals surface area (Å²) in [6, 6.07) is 18.9. The molecule has 0 heterocycles. The molecule has 0 saturated heterocycles. The highest BCUT2D eigenvalue weighted by Crippen LogP contribution is 2.21. The van der Waals surface area contributed by atoms with E-state index in [1.807, 2.05) is 0 Å². The predicted molar refractivity (Wildman–Crippen MR) is 152 cm³/mol. The van der Waals surface area contributed by atoms with Gasteiger partial charge in [0.1, 0.15) is 23.0 Å². The number of carbonyl (C=O) groups excluding carboxylic acids is 4. The van der Waals surface area contributed by atoms with Crippen LogP contribution in [0.4, 0.5) is 0 Å². The van der Waals surface area contributed by atoms with E-state index in [9.17, 15) is 19.2 Å². The van der Waals surface area contributed by atoms with E-state index in [1.165, 1.54) is 24.3 Å². The molecule has 0 fully saturated rings. The minimum atomic E-state index is -0.583. The molecule has 218 valence electrons. The predicted octanol–water partition coefficient (Wildman–Crippen LogP) is 5.12. The van der Waals surface area contributed by atoms with Crippen LogP contribution in [0.25, 0.3) is 0 Å². The maximum atomic E-state index is 12.5. The van der Waals surface area contributed by atoms with Crippen LogP contribution in [0.5, 0.6) is 23.0 Å². The molecule has 0 aliphatic rings. The van der Waals surface area contributed by atoms with Gasteiger partial charge in [0.25, 0.3) is 0 Å². The minimum Gasteiger partial charge on any atom is -0.493 e. The Labute approximate surface area is 243 Å². The monoisotopic (exact) mass is 574 g/mol. The molecule has 0 aliphatic carbocycles. The van der Waals surface area contributed by atoms with Gasteiger partial charge in [-0.15, -0.1) is 0 Å². The minimum absolute atomic E-state index is 0.217. The summed E-state index contributed by atoms with van der Waals surface area (Å²) in [5.41, 5.74) is 0.583. The second kappa shape index (κ2) is 16.7. The maximum Gasteiger partial charge on any atom is 0.343 e. The van der Waals surface area contributed by atoms with Crippen molar-refractivity contribution in [1.82, 2.24) is 0 Å². The van der Waals surface area contributed by atoms with E-state index in [4.69, 9.17) is 28.4 Å². The fraction of sp³-hybridized carbons (Fsp3) is 0.188. The van der Waals surface area contributed by atoms with E-state index >= 15 is 0 Å². The SMILES string of the molecule is C=CC(=O)OCCCOc1ccc(OC(=O)c2ccc(OC(=O)c3ccc(OCCCOC(=O)C=C)cc3)cc2)cc1. The first-order valence-corrected chi connectivity index (χ1v) is 13.0. The second-order valence-corrected chi connectivity index (χ2v) is 8.45. The van der Waals surface area contributed by atoms with Gasteiger partial charge in [0.05, 0.1) is 37.6 Å². The highest BCUT2D eigenvalue weighted by Gasteiger charge is 2.12. The number of benzene rings is 3. The van der Waals surface area contributed by atoms with Gasteiger partial charge in [0, 0.05) is 25.0 Å². The van der Waals surface area contributed by atoms with Gasteiger partial charge in [-0.25, -0.2) is 19.2 Å². The Bertz CT molecular complexity index is 1360. The number of esters is 4. The molecular formula is C32H30O10. The van der Waals surface area contributed by atoms with Gasteiger partial charge in [-0.2, -0.15) is 0 Å². The molecule has 0 saturated carbocycles. The molecular weight excluding hydrogens is 544 g/mol. The lowest BCUT2D eigenvalue weighted by Crippen LogP contribution is -2.10. The fourth-order valence-corrected chi connectivity index (χ4v) is 3.24. The van der Waals surface area contributed by atoms with E-state index in [0.717, 1.165) is 12.2 Å². The van der Waals surface area contributed by atoms with Crippen molar-refractivity contribution in [3.05, 3.63) is 109 Å². The second-order valence-electron chi connectivity index (χ2n) is 8.45. The molecule has 0 aromatic heterocycles. The molecule has 0 spiro atoms. The number of rotatable bonds is 16. The third-order valence-corrected chi connectivity index (χ3v) is 5.36. The molecule has 0 unspecified atom stereocenters. The third-order valence-electron chi connectivity index (χ3n) is 5.36. The number of carbonyl (C=O) groups is 4. The van der Waals surface area contributed by atoms with Crippen LogP contribution in [-0.4, -0.2) is 50.3 Å². The summed E-state index contributed by atoms with van der Waals surface area (Å²) in [5.74, 6) is -0.421. The first-order valence-electron chi connectivity index (χ1n) is 13.0. The molecule has 0 N–H and O–H groups in total. The fourth-order valence-electron chi connectivity index (χ4n) is 3.24. The Morgan fingerprint density at radius 3 is 1.21 bits per heavy atom.